The Labute approximate surface area is 172 Å². The van der Waals surface area contributed by atoms with Crippen LogP contribution in [0, 0.1) is 0 Å². The number of nitrogens with one attached hydrogen (secondary N) is 1. The van der Waals surface area contributed by atoms with Crippen LogP contribution in [-0.2, 0) is 19.2 Å². The predicted octanol–water partition coefficient (Wildman–Crippen LogP) is -0.193. The molecule has 10 heteroatoms. The van der Waals surface area contributed by atoms with E-state index in [0.29, 0.717) is 24.2 Å². The Kier molecular flexibility index (Phi) is 6.13. The zero-order chi connectivity index (χ0) is 21.3. The van der Waals surface area contributed by atoms with Gasteiger partial charge >= 0.3 is 5.97 Å². The van der Waals surface area contributed by atoms with E-state index in [2.05, 4.69) is 5.32 Å². The minimum atomic E-state index is -1.26. The van der Waals surface area contributed by atoms with Crippen LogP contribution in [0.5, 0.6) is 0 Å². The number of β-lactam (4-membered cyclic amide) rings is 1. The molecule has 2 heterocycles. The molecule has 29 heavy (non-hydrogen) atoms. The lowest BCUT2D eigenvalue weighted by Crippen LogP contribution is -2.71. The Bertz CT molecular complexity index is 848. The average molecular weight is 420 g/mol. The Hall–Kier alpha value is -2.59. The fraction of sp³-hybridized carbons (Fsp3) is 0.474. The molecule has 3 atom stereocenters. The van der Waals surface area contributed by atoms with Gasteiger partial charge in [-0.25, -0.2) is 4.79 Å². The van der Waals surface area contributed by atoms with Crippen LogP contribution < -0.4 is 11.1 Å². The zero-order valence-corrected chi connectivity index (χ0v) is 17.1. The molecule has 1 saturated heterocycles. The van der Waals surface area contributed by atoms with Crippen molar-refractivity contribution in [2.75, 3.05) is 19.8 Å². The fourth-order valence-corrected chi connectivity index (χ4v) is 4.79. The molecule has 0 aromatic carbocycles. The van der Waals surface area contributed by atoms with Crippen molar-refractivity contribution in [2.45, 2.75) is 36.7 Å². The molecule has 0 radical (unpaired) electrons. The van der Waals surface area contributed by atoms with Crippen molar-refractivity contribution in [1.82, 2.24) is 15.1 Å². The van der Waals surface area contributed by atoms with E-state index in [4.69, 9.17) is 5.73 Å². The molecule has 0 aromatic heterocycles. The number of nitrogens with zero attached hydrogens (tertiary/aromatic N) is 2. The molecule has 0 bridgehead atoms. The van der Waals surface area contributed by atoms with E-state index in [1.165, 1.54) is 16.7 Å². The van der Waals surface area contributed by atoms with Gasteiger partial charge in [0.15, 0.2) is 0 Å². The van der Waals surface area contributed by atoms with Crippen molar-refractivity contribution >= 4 is 35.5 Å². The van der Waals surface area contributed by atoms with Crippen LogP contribution in [0.15, 0.2) is 35.1 Å². The van der Waals surface area contributed by atoms with E-state index in [9.17, 15) is 24.3 Å². The molecular weight excluding hydrogens is 396 g/mol. The third kappa shape index (κ3) is 4.08. The molecule has 156 valence electrons. The first kappa shape index (κ1) is 21.1. The summed E-state index contributed by atoms with van der Waals surface area (Å²) in [6.07, 6.45) is 7.06. The summed E-state index contributed by atoms with van der Waals surface area (Å²) in [6.45, 7) is 0. The number of carbonyl (C=O) groups excluding carboxylic acids is 3. The first-order valence-electron chi connectivity index (χ1n) is 9.22. The highest BCUT2D eigenvalue weighted by Crippen LogP contribution is 2.41. The highest BCUT2D eigenvalue weighted by molar-refractivity contribution is 8.00. The maximum Gasteiger partial charge on any atom is 0.352 e. The third-order valence-corrected chi connectivity index (χ3v) is 6.47. The van der Waals surface area contributed by atoms with Crippen molar-refractivity contribution in [3.63, 3.8) is 0 Å². The number of amides is 3. The highest BCUT2D eigenvalue weighted by atomic mass is 32.2. The molecule has 2 aliphatic heterocycles. The second-order valence-electron chi connectivity index (χ2n) is 7.29. The monoisotopic (exact) mass is 420 g/mol. The maximum absolute atomic E-state index is 12.6. The van der Waals surface area contributed by atoms with Crippen LogP contribution >= 0.6 is 11.8 Å². The number of aliphatic carboxylic acids is 1. The van der Waals surface area contributed by atoms with Gasteiger partial charge in [0, 0.05) is 19.8 Å². The maximum atomic E-state index is 12.6. The molecule has 1 fully saturated rings. The van der Waals surface area contributed by atoms with Gasteiger partial charge in [-0.2, -0.15) is 0 Å². The number of nitrogens with two attached hydrogens (primary N) is 1. The fourth-order valence-electron chi connectivity index (χ4n) is 3.44. The molecule has 1 unspecified atom stereocenters. The van der Waals surface area contributed by atoms with E-state index in [1.807, 2.05) is 18.2 Å². The van der Waals surface area contributed by atoms with Crippen molar-refractivity contribution < 1.29 is 24.3 Å². The van der Waals surface area contributed by atoms with Crippen molar-refractivity contribution in [2.24, 2.45) is 5.73 Å². The number of carboxylic acids is 1. The van der Waals surface area contributed by atoms with Crippen LogP contribution in [0.1, 0.15) is 19.3 Å². The number of allylic oxidation sites excluding steroid dienone is 3. The molecule has 9 nitrogen and oxygen atoms in total. The van der Waals surface area contributed by atoms with Crippen LogP contribution in [0.25, 0.3) is 0 Å². The summed E-state index contributed by atoms with van der Waals surface area (Å²) in [6, 6.07) is -1.68. The van der Waals surface area contributed by atoms with Gasteiger partial charge in [0.2, 0.25) is 11.8 Å². The minimum Gasteiger partial charge on any atom is -0.477 e. The smallest absolute Gasteiger partial charge is 0.352 e. The summed E-state index contributed by atoms with van der Waals surface area (Å²) in [5.41, 5.74) is 7.05. The first-order chi connectivity index (χ1) is 13.7. The average Bonchev–Trinajstić information content (AvgIpc) is 2.71. The normalized spacial score (nSPS) is 24.3. The number of hydrogen-bond donors (Lipinski definition) is 3. The largest absolute Gasteiger partial charge is 0.477 e. The summed E-state index contributed by atoms with van der Waals surface area (Å²) in [5, 5.41) is 11.8. The van der Waals surface area contributed by atoms with Gasteiger partial charge in [-0.05, 0) is 24.0 Å². The lowest BCUT2D eigenvalue weighted by atomic mass is 9.97. The second-order valence-corrected chi connectivity index (χ2v) is 8.39. The molecule has 3 amide bonds. The topological polar surface area (TPSA) is 133 Å². The predicted molar refractivity (Wildman–Crippen MR) is 107 cm³/mol. The summed E-state index contributed by atoms with van der Waals surface area (Å²) in [4.78, 5) is 51.5. The minimum absolute atomic E-state index is 0.0678. The van der Waals surface area contributed by atoms with Crippen molar-refractivity contribution in [1.29, 1.82) is 0 Å². The highest BCUT2D eigenvalue weighted by Gasteiger charge is 2.54. The second kappa shape index (κ2) is 8.42. The molecule has 0 aromatic rings. The van der Waals surface area contributed by atoms with Crippen molar-refractivity contribution in [3.05, 3.63) is 35.1 Å². The Balaban J connectivity index is 1.72. The van der Waals surface area contributed by atoms with Gasteiger partial charge < -0.3 is 21.1 Å². The molecular formula is C19H24N4O5S. The standard InChI is InChI=1S/C19H24N4O5S/c1-22(2)12(24)8-11-9-29-18-14(17(26)23(18)15(11)19(27)28)21-16(25)13(20)10-6-4-3-5-7-10/h3-4,7,13-14,18H,5-6,8-9,20H2,1-2H3,(H,21,25)(H,27,28)/t13?,14-,18+/m1/s1. The van der Waals surface area contributed by atoms with Gasteiger partial charge in [-0.3, -0.25) is 19.3 Å². The summed E-state index contributed by atoms with van der Waals surface area (Å²) in [7, 11) is 3.17. The lowest BCUT2D eigenvalue weighted by Gasteiger charge is -2.49. The zero-order valence-electron chi connectivity index (χ0n) is 16.3. The lowest BCUT2D eigenvalue weighted by molar-refractivity contribution is -0.150. The van der Waals surface area contributed by atoms with Gasteiger partial charge in [-0.1, -0.05) is 18.2 Å². The van der Waals surface area contributed by atoms with E-state index < -0.39 is 35.2 Å². The number of hydrogen-bond acceptors (Lipinski definition) is 6. The van der Waals surface area contributed by atoms with Crippen LogP contribution in [0.3, 0.4) is 0 Å². The van der Waals surface area contributed by atoms with Gasteiger partial charge in [0.1, 0.15) is 23.2 Å². The number of rotatable bonds is 6. The van der Waals surface area contributed by atoms with Crippen LogP contribution in [-0.4, -0.2) is 75.9 Å². The van der Waals surface area contributed by atoms with Crippen LogP contribution in [0.2, 0.25) is 0 Å². The molecule has 1 aliphatic carbocycles. The third-order valence-electron chi connectivity index (χ3n) is 5.13. The van der Waals surface area contributed by atoms with E-state index >= 15 is 0 Å². The van der Waals surface area contributed by atoms with E-state index in [-0.39, 0.29) is 18.0 Å². The molecule has 3 rings (SSSR count). The molecule has 3 aliphatic rings. The molecule has 0 saturated carbocycles. The number of fused-ring (bicyclic) bond motifs is 1. The van der Waals surface area contributed by atoms with Crippen molar-refractivity contribution in [3.8, 4) is 0 Å². The number of carbonyl (C=O) groups is 4. The van der Waals surface area contributed by atoms with Crippen LogP contribution in [0.4, 0.5) is 0 Å². The quantitative estimate of drug-likeness (QED) is 0.400. The van der Waals surface area contributed by atoms with E-state index in [0.717, 1.165) is 10.5 Å². The summed E-state index contributed by atoms with van der Waals surface area (Å²) >= 11 is 1.33. The van der Waals surface area contributed by atoms with Gasteiger partial charge in [-0.15, -0.1) is 11.8 Å². The molecule has 0 spiro atoms. The molecule has 4 N–H and O–H groups in total. The summed E-state index contributed by atoms with van der Waals surface area (Å²) in [5.74, 6) is -2.17. The Morgan fingerprint density at radius 2 is 2.10 bits per heavy atom. The SMILES string of the molecule is CN(C)C(=O)CC1=C(C(=O)O)N2C(=O)[C@@H](NC(=O)C(N)C3=CCC=CC3)[C@@H]2SC1. The number of carboxylic acid groups (broad SMARTS) is 1. The van der Waals surface area contributed by atoms with Gasteiger partial charge in [0.05, 0.1) is 6.42 Å². The Morgan fingerprint density at radius 1 is 1.38 bits per heavy atom. The first-order valence-corrected chi connectivity index (χ1v) is 10.3. The van der Waals surface area contributed by atoms with Gasteiger partial charge in [0.25, 0.3) is 5.91 Å². The number of thioether (sulfide) groups is 1. The Morgan fingerprint density at radius 3 is 2.69 bits per heavy atom. The van der Waals surface area contributed by atoms with E-state index in [1.54, 1.807) is 14.1 Å². The summed E-state index contributed by atoms with van der Waals surface area (Å²) < 4.78 is 0.